The highest BCUT2D eigenvalue weighted by Crippen LogP contribution is 2.44. The van der Waals surface area contributed by atoms with Gasteiger partial charge in [-0.3, -0.25) is 10.6 Å². The zero-order valence-electron chi connectivity index (χ0n) is 15.6. The molecule has 1 saturated heterocycles. The van der Waals surface area contributed by atoms with Crippen LogP contribution in [0.5, 0.6) is 0 Å². The Morgan fingerprint density at radius 3 is 2.69 bits per heavy atom. The lowest BCUT2D eigenvalue weighted by Gasteiger charge is -2.34. The van der Waals surface area contributed by atoms with E-state index in [2.05, 4.69) is 19.2 Å². The Balaban J connectivity index is 2.16. The molecule has 1 heterocycles. The molecule has 0 bridgehead atoms. The topological polar surface area (TPSA) is 95.7 Å². The van der Waals surface area contributed by atoms with Crippen LogP contribution in [0.3, 0.4) is 0 Å². The molecule has 6 nitrogen and oxygen atoms in total. The number of amides is 1. The Labute approximate surface area is 156 Å². The largest absolute Gasteiger partial charge is 0.480 e. The van der Waals surface area contributed by atoms with Crippen molar-refractivity contribution in [3.8, 4) is 0 Å². The molecule has 26 heavy (non-hydrogen) atoms. The second-order valence-corrected chi connectivity index (χ2v) is 7.17. The monoisotopic (exact) mass is 358 g/mol. The van der Waals surface area contributed by atoms with Gasteiger partial charge in [0.25, 0.3) is 0 Å². The van der Waals surface area contributed by atoms with Crippen molar-refractivity contribution in [3.63, 3.8) is 0 Å². The number of aliphatic carboxylic acids is 1. The van der Waals surface area contributed by atoms with Gasteiger partial charge in [-0.15, -0.1) is 0 Å². The van der Waals surface area contributed by atoms with Gasteiger partial charge in [0.15, 0.2) is 0 Å². The van der Waals surface area contributed by atoms with Gasteiger partial charge in [0.2, 0.25) is 13.3 Å². The zero-order chi connectivity index (χ0) is 19.2. The minimum Gasteiger partial charge on any atom is -0.480 e. The van der Waals surface area contributed by atoms with Crippen LogP contribution in [0.15, 0.2) is 30.3 Å². The molecule has 0 aromatic heterocycles. The normalized spacial score (nSPS) is 22.3. The van der Waals surface area contributed by atoms with Crippen molar-refractivity contribution in [2.75, 3.05) is 6.54 Å². The van der Waals surface area contributed by atoms with E-state index in [0.29, 0.717) is 32.1 Å². The van der Waals surface area contributed by atoms with Gasteiger partial charge in [-0.25, -0.2) is 4.79 Å². The van der Waals surface area contributed by atoms with Gasteiger partial charge in [-0.05, 0) is 37.1 Å². The van der Waals surface area contributed by atoms with E-state index in [1.165, 1.54) is 0 Å². The van der Waals surface area contributed by atoms with Crippen molar-refractivity contribution >= 4 is 19.3 Å². The number of rotatable bonds is 10. The van der Waals surface area contributed by atoms with Crippen molar-refractivity contribution < 1.29 is 14.7 Å². The summed E-state index contributed by atoms with van der Waals surface area (Å²) in [7, 11) is 1.70. The number of nitrogens with one attached hydrogen (secondary N) is 1. The maximum atomic E-state index is 13.3. The summed E-state index contributed by atoms with van der Waals surface area (Å²) in [5.41, 5.74) is 0.515. The fourth-order valence-corrected chi connectivity index (χ4v) is 3.95. The molecule has 0 spiro atoms. The predicted molar refractivity (Wildman–Crippen MR) is 102 cm³/mol. The summed E-state index contributed by atoms with van der Waals surface area (Å²) in [6.45, 7) is 4.60. The van der Waals surface area contributed by atoms with E-state index in [4.69, 9.17) is 5.84 Å². The van der Waals surface area contributed by atoms with Gasteiger partial charge in [0, 0.05) is 12.0 Å². The number of hydrogen-bond acceptors (Lipinski definition) is 4. The van der Waals surface area contributed by atoms with E-state index in [1.807, 2.05) is 30.3 Å². The molecule has 1 radical (unpaired) electrons. The summed E-state index contributed by atoms with van der Waals surface area (Å²) in [6, 6.07) is 8.99. The summed E-state index contributed by atoms with van der Waals surface area (Å²) < 4.78 is 0. The number of carboxylic acid groups (broad SMARTS) is 1. The maximum absolute atomic E-state index is 13.3. The van der Waals surface area contributed by atoms with Crippen molar-refractivity contribution in [2.45, 2.75) is 51.9 Å². The third-order valence-corrected chi connectivity index (χ3v) is 5.84. The van der Waals surface area contributed by atoms with Crippen LogP contribution in [0.25, 0.3) is 0 Å². The molecule has 4 N–H and O–H groups in total. The molecule has 1 aromatic rings. The molecule has 1 unspecified atom stereocenters. The highest BCUT2D eigenvalue weighted by molar-refractivity contribution is 6.33. The number of hydrazine groups is 1. The molecule has 2 rings (SSSR count). The number of carboxylic acids is 1. The van der Waals surface area contributed by atoms with Crippen molar-refractivity contribution in [1.29, 1.82) is 0 Å². The summed E-state index contributed by atoms with van der Waals surface area (Å²) in [4.78, 5) is 26.7. The number of nitrogens with zero attached hydrogens (tertiary/aromatic N) is 1. The number of nitrogens with two attached hydrogens (primary N) is 1. The summed E-state index contributed by atoms with van der Waals surface area (Å²) >= 11 is 0. The number of carbonyl (C=O) groups excluding carboxylic acids is 1. The van der Waals surface area contributed by atoms with Crippen molar-refractivity contribution in [2.24, 2.45) is 17.2 Å². The van der Waals surface area contributed by atoms with E-state index in [-0.39, 0.29) is 11.8 Å². The first-order valence-corrected chi connectivity index (χ1v) is 9.32. The molecule has 3 atom stereocenters. The molecule has 1 amide bonds. The Kier molecular flexibility index (Phi) is 7.23. The number of carbonyl (C=O) groups is 2. The first kappa shape index (κ1) is 20.5. The highest BCUT2D eigenvalue weighted by Gasteiger charge is 2.51. The maximum Gasteiger partial charge on any atom is 0.326 e. The Morgan fingerprint density at radius 2 is 2.12 bits per heavy atom. The average molecular weight is 358 g/mol. The highest BCUT2D eigenvalue weighted by atomic mass is 16.4. The van der Waals surface area contributed by atoms with Crippen LogP contribution in [-0.2, 0) is 16.0 Å². The Morgan fingerprint density at radius 1 is 1.42 bits per heavy atom. The average Bonchev–Trinajstić information content (AvgIpc) is 2.98. The van der Waals surface area contributed by atoms with E-state index in [0.717, 1.165) is 12.0 Å². The molecular formula is C19H29BN3O3. The second kappa shape index (κ2) is 9.19. The first-order chi connectivity index (χ1) is 12.5. The van der Waals surface area contributed by atoms with Crippen molar-refractivity contribution in [3.05, 3.63) is 35.9 Å². The minimum atomic E-state index is -0.935. The van der Waals surface area contributed by atoms with E-state index < -0.39 is 17.4 Å². The van der Waals surface area contributed by atoms with Crippen molar-refractivity contribution in [1.82, 2.24) is 10.2 Å². The standard InChI is InChI=1S/C19H29BN3O3/c1-3-14(2)19(13-20-22-21)11-12-23(18(19)26)16(17(24)25)10-9-15-7-5-4-6-8-15/h4-8,14,16,22H,3,9-13,21H2,1-2H3,(H,24,25)/t14-,16?,19+/m1/s1. The molecule has 7 heteroatoms. The quantitative estimate of drug-likeness (QED) is 0.337. The van der Waals surface area contributed by atoms with Crippen LogP contribution >= 0.6 is 0 Å². The molecule has 0 saturated carbocycles. The van der Waals surface area contributed by atoms with Gasteiger partial charge in [0.1, 0.15) is 6.04 Å². The van der Waals surface area contributed by atoms with Crippen LogP contribution in [-0.4, -0.2) is 41.9 Å². The molecule has 1 aromatic carbocycles. The number of likely N-dealkylation sites (tertiary alicyclic amines) is 1. The fraction of sp³-hybridized carbons (Fsp3) is 0.579. The third kappa shape index (κ3) is 4.27. The SMILES string of the molecule is CC[C@@H](C)[C@@]1(C[B]NN)CCN(C(CCc2ccccc2)C(=O)O)C1=O. The van der Waals surface area contributed by atoms with Crippen LogP contribution in [0.4, 0.5) is 0 Å². The number of hydrogen-bond donors (Lipinski definition) is 3. The fourth-order valence-electron chi connectivity index (χ4n) is 3.95. The molecule has 1 aliphatic heterocycles. The van der Waals surface area contributed by atoms with Crippen LogP contribution in [0, 0.1) is 11.3 Å². The van der Waals surface area contributed by atoms with Crippen LogP contribution in [0.1, 0.15) is 38.7 Å². The first-order valence-electron chi connectivity index (χ1n) is 9.32. The molecule has 141 valence electrons. The lowest BCUT2D eigenvalue weighted by Crippen LogP contribution is -2.48. The molecular weight excluding hydrogens is 329 g/mol. The van der Waals surface area contributed by atoms with E-state index in [1.54, 1.807) is 12.3 Å². The van der Waals surface area contributed by atoms with Gasteiger partial charge in [0.05, 0.1) is 0 Å². The smallest absolute Gasteiger partial charge is 0.326 e. The predicted octanol–water partition coefficient (Wildman–Crippen LogP) is 1.84. The van der Waals surface area contributed by atoms with E-state index >= 15 is 0 Å². The van der Waals surface area contributed by atoms with Gasteiger partial charge >= 0.3 is 5.97 Å². The summed E-state index contributed by atoms with van der Waals surface area (Å²) in [5, 5.41) is 12.3. The second-order valence-electron chi connectivity index (χ2n) is 7.17. The molecule has 0 aliphatic carbocycles. The summed E-state index contributed by atoms with van der Waals surface area (Å²) in [6.07, 6.45) is 3.08. The zero-order valence-corrected chi connectivity index (χ0v) is 15.6. The molecule has 1 aliphatic rings. The molecule has 1 fully saturated rings. The van der Waals surface area contributed by atoms with Gasteiger partial charge in [-0.2, -0.15) is 0 Å². The number of benzene rings is 1. The number of aryl methyl sites for hydroxylation is 1. The van der Waals surface area contributed by atoms with Crippen LogP contribution < -0.4 is 11.2 Å². The Bertz CT molecular complexity index is 613. The third-order valence-electron chi connectivity index (χ3n) is 5.84. The van der Waals surface area contributed by atoms with E-state index in [9.17, 15) is 14.7 Å². The van der Waals surface area contributed by atoms with Crippen LogP contribution in [0.2, 0.25) is 6.32 Å². The minimum absolute atomic E-state index is 0.0567. The van der Waals surface area contributed by atoms with Gasteiger partial charge < -0.3 is 15.3 Å². The van der Waals surface area contributed by atoms with Gasteiger partial charge in [-0.1, -0.05) is 50.6 Å². The lowest BCUT2D eigenvalue weighted by atomic mass is 9.62. The Hall–Kier alpha value is -1.86. The lowest BCUT2D eigenvalue weighted by molar-refractivity contribution is -0.151. The summed E-state index contributed by atoms with van der Waals surface area (Å²) in [5.74, 6) is 4.55.